The fraction of sp³-hybridized carbons (Fsp3) is 0.429. The molecule has 0 saturated carbocycles. The molecule has 1 aromatic carbocycles. The topological polar surface area (TPSA) is 61.6 Å². The second kappa shape index (κ2) is 6.78. The highest BCUT2D eigenvalue weighted by atomic mass is 16.6. The first kappa shape index (κ1) is 15.0. The number of rotatable bonds is 6. The Balaban J connectivity index is 3.14. The van der Waals surface area contributed by atoms with Crippen LogP contribution in [-0.4, -0.2) is 18.6 Å². The third-order valence-corrected chi connectivity index (χ3v) is 2.60. The summed E-state index contributed by atoms with van der Waals surface area (Å²) in [5.74, 6) is 1.06. The lowest BCUT2D eigenvalue weighted by Crippen LogP contribution is -2.05. The van der Waals surface area contributed by atoms with Crippen molar-refractivity contribution in [3.8, 4) is 11.5 Å². The first-order chi connectivity index (χ1) is 8.99. The number of methoxy groups -OCH3 is 1. The van der Waals surface area contributed by atoms with Crippen LogP contribution in [0.25, 0.3) is 6.08 Å². The second-order valence-corrected chi connectivity index (χ2v) is 4.32. The van der Waals surface area contributed by atoms with Gasteiger partial charge in [-0.25, -0.2) is 0 Å². The van der Waals surface area contributed by atoms with Gasteiger partial charge in [-0.3, -0.25) is 10.1 Å². The minimum atomic E-state index is -0.354. The molecule has 1 rings (SSSR count). The molecule has 0 aliphatic rings. The Kier molecular flexibility index (Phi) is 5.36. The third kappa shape index (κ3) is 3.98. The lowest BCUT2D eigenvalue weighted by molar-refractivity contribution is -0.431. The standard InChI is InChI=1S/C14H19NO4/c1-5-19-13-7-6-11(9-14(13)18-4)8-12(10(2)3)15(16)17/h6-10H,5H2,1-4H3/b12-8-. The van der Waals surface area contributed by atoms with Crippen LogP contribution in [0.4, 0.5) is 0 Å². The Hall–Kier alpha value is -2.04. The zero-order valence-electron chi connectivity index (χ0n) is 11.7. The maximum absolute atomic E-state index is 11.0. The van der Waals surface area contributed by atoms with Gasteiger partial charge in [0.2, 0.25) is 5.70 Å². The summed E-state index contributed by atoms with van der Waals surface area (Å²) in [6.07, 6.45) is 1.56. The highest BCUT2D eigenvalue weighted by molar-refractivity contribution is 5.57. The minimum absolute atomic E-state index is 0.146. The van der Waals surface area contributed by atoms with Crippen LogP contribution in [-0.2, 0) is 0 Å². The normalized spacial score (nSPS) is 11.5. The summed E-state index contributed by atoms with van der Waals surface area (Å²) in [5, 5.41) is 11.0. The number of nitro groups is 1. The fourth-order valence-corrected chi connectivity index (χ4v) is 1.65. The van der Waals surface area contributed by atoms with Crippen molar-refractivity contribution in [1.29, 1.82) is 0 Å². The summed E-state index contributed by atoms with van der Waals surface area (Å²) in [4.78, 5) is 10.6. The number of ether oxygens (including phenoxy) is 2. The van der Waals surface area contributed by atoms with Crippen molar-refractivity contribution < 1.29 is 14.4 Å². The molecule has 0 spiro atoms. The van der Waals surface area contributed by atoms with E-state index in [0.29, 0.717) is 18.1 Å². The quantitative estimate of drug-likeness (QED) is 0.584. The molecule has 0 heterocycles. The van der Waals surface area contributed by atoms with Crippen LogP contribution in [0.2, 0.25) is 0 Å². The Bertz CT molecular complexity index is 480. The third-order valence-electron chi connectivity index (χ3n) is 2.60. The molecule has 19 heavy (non-hydrogen) atoms. The molecule has 0 saturated heterocycles. The lowest BCUT2D eigenvalue weighted by Gasteiger charge is -2.10. The number of nitrogens with zero attached hydrogens (tertiary/aromatic N) is 1. The van der Waals surface area contributed by atoms with Crippen LogP contribution in [0.3, 0.4) is 0 Å². The lowest BCUT2D eigenvalue weighted by atomic mass is 10.1. The van der Waals surface area contributed by atoms with Gasteiger partial charge in [0, 0.05) is 12.0 Å². The molecule has 0 atom stereocenters. The number of benzene rings is 1. The molecular formula is C14H19NO4. The van der Waals surface area contributed by atoms with Gasteiger partial charge in [0.25, 0.3) is 0 Å². The summed E-state index contributed by atoms with van der Waals surface area (Å²) in [6.45, 7) is 6.01. The molecule has 0 amide bonds. The van der Waals surface area contributed by atoms with Crippen molar-refractivity contribution in [2.45, 2.75) is 20.8 Å². The van der Waals surface area contributed by atoms with Crippen LogP contribution in [0, 0.1) is 16.0 Å². The van der Waals surface area contributed by atoms with E-state index in [1.807, 2.05) is 6.92 Å². The van der Waals surface area contributed by atoms with E-state index in [1.165, 1.54) is 0 Å². The van der Waals surface area contributed by atoms with E-state index in [1.54, 1.807) is 45.2 Å². The molecule has 0 unspecified atom stereocenters. The van der Waals surface area contributed by atoms with Gasteiger partial charge in [0.05, 0.1) is 18.6 Å². The molecule has 0 N–H and O–H groups in total. The van der Waals surface area contributed by atoms with Gasteiger partial charge in [-0.05, 0) is 24.6 Å². The SMILES string of the molecule is CCOc1ccc(/C=C(/C(C)C)[N+](=O)[O-])cc1OC. The van der Waals surface area contributed by atoms with Crippen molar-refractivity contribution in [2.75, 3.05) is 13.7 Å². The summed E-state index contributed by atoms with van der Waals surface area (Å²) in [6, 6.07) is 5.27. The monoisotopic (exact) mass is 265 g/mol. The Morgan fingerprint density at radius 1 is 1.42 bits per heavy atom. The minimum Gasteiger partial charge on any atom is -0.493 e. The predicted molar refractivity (Wildman–Crippen MR) is 74.0 cm³/mol. The number of allylic oxidation sites excluding steroid dienone is 1. The zero-order valence-corrected chi connectivity index (χ0v) is 11.7. The van der Waals surface area contributed by atoms with Crippen molar-refractivity contribution in [1.82, 2.24) is 0 Å². The van der Waals surface area contributed by atoms with Crippen molar-refractivity contribution in [3.63, 3.8) is 0 Å². The van der Waals surface area contributed by atoms with Crippen LogP contribution >= 0.6 is 0 Å². The fourth-order valence-electron chi connectivity index (χ4n) is 1.65. The first-order valence-corrected chi connectivity index (χ1v) is 6.16. The Morgan fingerprint density at radius 3 is 2.58 bits per heavy atom. The maximum atomic E-state index is 11.0. The molecular weight excluding hydrogens is 246 g/mol. The van der Waals surface area contributed by atoms with Gasteiger partial charge >= 0.3 is 0 Å². The van der Waals surface area contributed by atoms with E-state index in [0.717, 1.165) is 5.56 Å². The molecule has 0 bridgehead atoms. The highest BCUT2D eigenvalue weighted by Crippen LogP contribution is 2.29. The van der Waals surface area contributed by atoms with Crippen molar-refractivity contribution in [3.05, 3.63) is 39.6 Å². The van der Waals surface area contributed by atoms with Crippen LogP contribution in [0.1, 0.15) is 26.3 Å². The summed E-state index contributed by atoms with van der Waals surface area (Å²) < 4.78 is 10.6. The average molecular weight is 265 g/mol. The van der Waals surface area contributed by atoms with Crippen LogP contribution in [0.5, 0.6) is 11.5 Å². The van der Waals surface area contributed by atoms with Crippen molar-refractivity contribution in [2.24, 2.45) is 5.92 Å². The van der Waals surface area contributed by atoms with E-state index in [-0.39, 0.29) is 16.5 Å². The summed E-state index contributed by atoms with van der Waals surface area (Å²) >= 11 is 0. The van der Waals surface area contributed by atoms with E-state index in [9.17, 15) is 10.1 Å². The number of hydrogen-bond donors (Lipinski definition) is 0. The molecule has 0 aliphatic carbocycles. The largest absolute Gasteiger partial charge is 0.493 e. The van der Waals surface area contributed by atoms with E-state index in [2.05, 4.69) is 0 Å². The highest BCUT2D eigenvalue weighted by Gasteiger charge is 2.16. The van der Waals surface area contributed by atoms with Crippen LogP contribution < -0.4 is 9.47 Å². The zero-order chi connectivity index (χ0) is 14.4. The second-order valence-electron chi connectivity index (χ2n) is 4.32. The van der Waals surface area contributed by atoms with Gasteiger partial charge in [-0.1, -0.05) is 19.9 Å². The molecule has 5 heteroatoms. The van der Waals surface area contributed by atoms with E-state index < -0.39 is 0 Å². The van der Waals surface area contributed by atoms with Gasteiger partial charge < -0.3 is 9.47 Å². The van der Waals surface area contributed by atoms with Gasteiger partial charge in [0.1, 0.15) is 0 Å². The molecule has 5 nitrogen and oxygen atoms in total. The van der Waals surface area contributed by atoms with Gasteiger partial charge in [0.15, 0.2) is 11.5 Å². The van der Waals surface area contributed by atoms with Crippen molar-refractivity contribution >= 4 is 6.08 Å². The molecule has 104 valence electrons. The Morgan fingerprint density at radius 2 is 2.11 bits per heavy atom. The molecule has 0 radical (unpaired) electrons. The predicted octanol–water partition coefficient (Wildman–Crippen LogP) is 3.37. The summed E-state index contributed by atoms with van der Waals surface area (Å²) in [5.41, 5.74) is 0.895. The smallest absolute Gasteiger partial charge is 0.249 e. The van der Waals surface area contributed by atoms with Gasteiger partial charge in [-0.2, -0.15) is 0 Å². The van der Waals surface area contributed by atoms with E-state index in [4.69, 9.17) is 9.47 Å². The maximum Gasteiger partial charge on any atom is 0.249 e. The van der Waals surface area contributed by atoms with E-state index >= 15 is 0 Å². The van der Waals surface area contributed by atoms with Gasteiger partial charge in [-0.15, -0.1) is 0 Å². The molecule has 0 fully saturated rings. The molecule has 0 aliphatic heterocycles. The summed E-state index contributed by atoms with van der Waals surface area (Å²) in [7, 11) is 1.54. The molecule has 1 aromatic rings. The number of hydrogen-bond acceptors (Lipinski definition) is 4. The Labute approximate surface area is 113 Å². The average Bonchev–Trinajstić information content (AvgIpc) is 2.36. The molecule has 0 aromatic heterocycles. The first-order valence-electron chi connectivity index (χ1n) is 6.16. The van der Waals surface area contributed by atoms with Crippen LogP contribution in [0.15, 0.2) is 23.9 Å².